The predicted octanol–water partition coefficient (Wildman–Crippen LogP) is 2.04. The van der Waals surface area contributed by atoms with Crippen LogP contribution in [0.2, 0.25) is 0 Å². The van der Waals surface area contributed by atoms with Crippen LogP contribution >= 0.6 is 0 Å². The van der Waals surface area contributed by atoms with Gasteiger partial charge < -0.3 is 20.3 Å². The number of anilines is 1. The Morgan fingerprint density at radius 2 is 2.04 bits per heavy atom. The van der Waals surface area contributed by atoms with Crippen molar-refractivity contribution in [1.29, 1.82) is 0 Å². The standard InChI is InChI=1S/C19H26N4O2/c1-23(2)12-11-20-16-7-8-18(22-14-16)19(24)21-10-9-15-5-4-6-17(13-15)25-3/h4-8,13-14,20H,9-12H2,1-3H3,(H,21,24). The van der Waals surface area contributed by atoms with E-state index in [1.807, 2.05) is 44.4 Å². The Hall–Kier alpha value is -2.60. The van der Waals surface area contributed by atoms with Gasteiger partial charge in [-0.15, -0.1) is 0 Å². The van der Waals surface area contributed by atoms with E-state index in [0.717, 1.165) is 36.5 Å². The molecule has 0 aliphatic rings. The summed E-state index contributed by atoms with van der Waals surface area (Å²) in [6, 6.07) is 11.4. The zero-order valence-electron chi connectivity index (χ0n) is 15.1. The largest absolute Gasteiger partial charge is 0.497 e. The van der Waals surface area contributed by atoms with Crippen molar-refractivity contribution >= 4 is 11.6 Å². The Balaban J connectivity index is 1.78. The molecule has 0 radical (unpaired) electrons. The summed E-state index contributed by atoms with van der Waals surface area (Å²) in [6.07, 6.45) is 2.43. The summed E-state index contributed by atoms with van der Waals surface area (Å²) in [5.74, 6) is 0.658. The molecule has 0 fully saturated rings. The maximum Gasteiger partial charge on any atom is 0.269 e. The molecule has 134 valence electrons. The normalized spacial score (nSPS) is 10.6. The van der Waals surface area contributed by atoms with Crippen molar-refractivity contribution in [3.8, 4) is 5.75 Å². The molecule has 25 heavy (non-hydrogen) atoms. The molecule has 6 heteroatoms. The first kappa shape index (κ1) is 18.7. The number of nitrogens with one attached hydrogen (secondary N) is 2. The molecule has 0 unspecified atom stereocenters. The number of rotatable bonds is 9. The number of benzene rings is 1. The van der Waals surface area contributed by atoms with Crippen molar-refractivity contribution < 1.29 is 9.53 Å². The number of carbonyl (C=O) groups excluding carboxylic acids is 1. The van der Waals surface area contributed by atoms with Crippen molar-refractivity contribution in [1.82, 2.24) is 15.2 Å². The molecule has 1 aromatic heterocycles. The van der Waals surface area contributed by atoms with Gasteiger partial charge in [0.15, 0.2) is 0 Å². The average molecular weight is 342 g/mol. The molecule has 0 aliphatic carbocycles. The van der Waals surface area contributed by atoms with Crippen LogP contribution in [0.4, 0.5) is 5.69 Å². The zero-order valence-corrected chi connectivity index (χ0v) is 15.1. The number of likely N-dealkylation sites (N-methyl/N-ethyl adjacent to an activating group) is 1. The molecule has 0 bridgehead atoms. The number of amides is 1. The van der Waals surface area contributed by atoms with Crippen LogP contribution in [0.5, 0.6) is 5.75 Å². The summed E-state index contributed by atoms with van der Waals surface area (Å²) < 4.78 is 5.20. The second kappa shape index (κ2) is 9.64. The van der Waals surface area contributed by atoms with Gasteiger partial charge in [0.25, 0.3) is 5.91 Å². The van der Waals surface area contributed by atoms with Gasteiger partial charge in [0.05, 0.1) is 19.0 Å². The van der Waals surface area contributed by atoms with Crippen LogP contribution in [0.25, 0.3) is 0 Å². The molecular weight excluding hydrogens is 316 g/mol. The maximum absolute atomic E-state index is 12.1. The lowest BCUT2D eigenvalue weighted by molar-refractivity contribution is 0.0949. The second-order valence-corrected chi connectivity index (χ2v) is 6.02. The monoisotopic (exact) mass is 342 g/mol. The van der Waals surface area contributed by atoms with Gasteiger partial charge in [-0.25, -0.2) is 4.98 Å². The molecule has 0 spiro atoms. The van der Waals surface area contributed by atoms with E-state index >= 15 is 0 Å². The van der Waals surface area contributed by atoms with Crippen LogP contribution in [0.15, 0.2) is 42.6 Å². The number of aromatic nitrogens is 1. The lowest BCUT2D eigenvalue weighted by atomic mass is 10.1. The van der Waals surface area contributed by atoms with Crippen molar-refractivity contribution in [2.45, 2.75) is 6.42 Å². The first-order chi connectivity index (χ1) is 12.1. The number of carbonyl (C=O) groups is 1. The van der Waals surface area contributed by atoms with E-state index in [9.17, 15) is 4.79 Å². The fourth-order valence-corrected chi connectivity index (χ4v) is 2.30. The fourth-order valence-electron chi connectivity index (χ4n) is 2.30. The molecule has 0 aliphatic heterocycles. The van der Waals surface area contributed by atoms with Crippen LogP contribution in [0.3, 0.4) is 0 Å². The highest BCUT2D eigenvalue weighted by molar-refractivity contribution is 5.92. The molecule has 2 aromatic rings. The second-order valence-electron chi connectivity index (χ2n) is 6.02. The van der Waals surface area contributed by atoms with Crippen molar-refractivity contribution in [3.05, 3.63) is 53.9 Å². The lowest BCUT2D eigenvalue weighted by Gasteiger charge is -2.11. The van der Waals surface area contributed by atoms with E-state index in [-0.39, 0.29) is 5.91 Å². The molecule has 6 nitrogen and oxygen atoms in total. The smallest absolute Gasteiger partial charge is 0.269 e. The number of methoxy groups -OCH3 is 1. The third-order valence-corrected chi connectivity index (χ3v) is 3.72. The lowest BCUT2D eigenvalue weighted by Crippen LogP contribution is -2.26. The fraction of sp³-hybridized carbons (Fsp3) is 0.368. The van der Waals surface area contributed by atoms with Crippen LogP contribution < -0.4 is 15.4 Å². The Morgan fingerprint density at radius 3 is 2.72 bits per heavy atom. The Kier molecular flexibility index (Phi) is 7.22. The third-order valence-electron chi connectivity index (χ3n) is 3.72. The van der Waals surface area contributed by atoms with Gasteiger partial charge in [0.2, 0.25) is 0 Å². The van der Waals surface area contributed by atoms with E-state index in [1.54, 1.807) is 19.4 Å². The summed E-state index contributed by atoms with van der Waals surface area (Å²) >= 11 is 0. The third kappa shape index (κ3) is 6.43. The van der Waals surface area contributed by atoms with E-state index < -0.39 is 0 Å². The molecule has 2 rings (SSSR count). The summed E-state index contributed by atoms with van der Waals surface area (Å²) in [5.41, 5.74) is 2.45. The summed E-state index contributed by atoms with van der Waals surface area (Å²) in [7, 11) is 5.70. The minimum atomic E-state index is -0.164. The van der Waals surface area contributed by atoms with E-state index in [0.29, 0.717) is 12.2 Å². The van der Waals surface area contributed by atoms with E-state index in [4.69, 9.17) is 4.74 Å². The number of ether oxygens (including phenoxy) is 1. The van der Waals surface area contributed by atoms with Crippen molar-refractivity contribution in [2.75, 3.05) is 46.2 Å². The van der Waals surface area contributed by atoms with Gasteiger partial charge in [0.1, 0.15) is 11.4 Å². The van der Waals surface area contributed by atoms with Gasteiger partial charge in [0, 0.05) is 19.6 Å². The highest BCUT2D eigenvalue weighted by Gasteiger charge is 2.06. The van der Waals surface area contributed by atoms with E-state index in [2.05, 4.69) is 20.5 Å². The molecule has 1 aromatic carbocycles. The number of hydrogen-bond acceptors (Lipinski definition) is 5. The molecular formula is C19H26N4O2. The molecule has 0 atom stereocenters. The van der Waals surface area contributed by atoms with E-state index in [1.165, 1.54) is 0 Å². The van der Waals surface area contributed by atoms with Crippen LogP contribution in [-0.2, 0) is 6.42 Å². The highest BCUT2D eigenvalue weighted by atomic mass is 16.5. The zero-order chi connectivity index (χ0) is 18.1. The Labute approximate surface area is 149 Å². The van der Waals surface area contributed by atoms with Crippen LogP contribution in [-0.4, -0.2) is 56.6 Å². The number of nitrogens with zero attached hydrogens (tertiary/aromatic N) is 2. The molecule has 1 amide bonds. The summed E-state index contributed by atoms with van der Waals surface area (Å²) in [5, 5.41) is 6.16. The van der Waals surface area contributed by atoms with Crippen molar-refractivity contribution in [3.63, 3.8) is 0 Å². The highest BCUT2D eigenvalue weighted by Crippen LogP contribution is 2.12. The minimum absolute atomic E-state index is 0.164. The Bertz CT molecular complexity index is 671. The Morgan fingerprint density at radius 1 is 1.20 bits per heavy atom. The van der Waals surface area contributed by atoms with Gasteiger partial charge in [-0.1, -0.05) is 12.1 Å². The molecule has 2 N–H and O–H groups in total. The van der Waals surface area contributed by atoms with Gasteiger partial charge >= 0.3 is 0 Å². The maximum atomic E-state index is 12.1. The number of hydrogen-bond donors (Lipinski definition) is 2. The SMILES string of the molecule is COc1cccc(CCNC(=O)c2ccc(NCCN(C)C)cn2)c1. The topological polar surface area (TPSA) is 66.5 Å². The summed E-state index contributed by atoms with van der Waals surface area (Å²) in [6.45, 7) is 2.32. The van der Waals surface area contributed by atoms with Gasteiger partial charge in [-0.3, -0.25) is 4.79 Å². The molecule has 0 saturated carbocycles. The van der Waals surface area contributed by atoms with Crippen LogP contribution in [0, 0.1) is 0 Å². The quantitative estimate of drug-likeness (QED) is 0.730. The predicted molar refractivity (Wildman–Crippen MR) is 100 cm³/mol. The van der Waals surface area contributed by atoms with Crippen molar-refractivity contribution in [2.24, 2.45) is 0 Å². The first-order valence-corrected chi connectivity index (χ1v) is 8.34. The van der Waals surface area contributed by atoms with Gasteiger partial charge in [-0.05, 0) is 50.3 Å². The van der Waals surface area contributed by atoms with Crippen LogP contribution in [0.1, 0.15) is 16.1 Å². The minimum Gasteiger partial charge on any atom is -0.497 e. The summed E-state index contributed by atoms with van der Waals surface area (Å²) in [4.78, 5) is 18.5. The average Bonchev–Trinajstić information content (AvgIpc) is 2.62. The molecule has 0 saturated heterocycles. The first-order valence-electron chi connectivity index (χ1n) is 8.34. The molecule has 1 heterocycles. The van der Waals surface area contributed by atoms with Gasteiger partial charge in [-0.2, -0.15) is 0 Å². The number of pyridine rings is 1.